The molecule has 11 rings (SSSR count). The molecule has 0 bridgehead atoms. The summed E-state index contributed by atoms with van der Waals surface area (Å²) < 4.78 is 7.48. The number of allylic oxidation sites excluding steroid dienone is 5. The molecule has 0 saturated heterocycles. The fourth-order valence-electron chi connectivity index (χ4n) is 8.86. The third-order valence-electron chi connectivity index (χ3n) is 11.5. The molecule has 260 valence electrons. The zero-order valence-corrected chi connectivity index (χ0v) is 31.1. The molecule has 3 heteroatoms. The number of hydrogen-bond acceptors (Lipinski definition) is 1. The van der Waals surface area contributed by atoms with Crippen molar-refractivity contribution in [2.45, 2.75) is 12.8 Å². The first-order chi connectivity index (χ1) is 27.2. The predicted octanol–water partition coefficient (Wildman–Crippen LogP) is 14.8. The van der Waals surface area contributed by atoms with Crippen molar-refractivity contribution in [2.24, 2.45) is 0 Å². The van der Waals surface area contributed by atoms with Crippen LogP contribution in [0.2, 0.25) is 0 Å². The number of para-hydroxylation sites is 2. The van der Waals surface area contributed by atoms with E-state index >= 15 is 0 Å². The summed E-state index contributed by atoms with van der Waals surface area (Å²) in [5, 5.41) is 7.61. The minimum atomic E-state index is 1.05. The second kappa shape index (κ2) is 12.4. The molecule has 0 aliphatic heterocycles. The van der Waals surface area contributed by atoms with Gasteiger partial charge in [0.2, 0.25) is 0 Å². The molecular weight excluding hydrogens is 685 g/mol. The molecule has 0 saturated carbocycles. The molecule has 0 fully saturated rings. The van der Waals surface area contributed by atoms with Crippen LogP contribution in [0.3, 0.4) is 0 Å². The Labute approximate surface area is 323 Å². The fourth-order valence-corrected chi connectivity index (χ4v) is 10.0. The van der Waals surface area contributed by atoms with Crippen LogP contribution in [0, 0.1) is 0 Å². The third kappa shape index (κ3) is 4.94. The van der Waals surface area contributed by atoms with Gasteiger partial charge in [-0.3, -0.25) is 0 Å². The average molecular weight is 721 g/mol. The number of nitrogens with zero attached hydrogens (tertiary/aromatic N) is 2. The summed E-state index contributed by atoms with van der Waals surface area (Å²) in [4.78, 5) is 0. The first-order valence-corrected chi connectivity index (χ1v) is 19.8. The van der Waals surface area contributed by atoms with E-state index in [1.165, 1.54) is 103 Å². The average Bonchev–Trinajstić information content (AvgIpc) is 3.90. The highest BCUT2D eigenvalue weighted by atomic mass is 32.1. The molecule has 3 aromatic heterocycles. The Morgan fingerprint density at radius 3 is 1.98 bits per heavy atom. The molecule has 0 spiro atoms. The minimum Gasteiger partial charge on any atom is -0.309 e. The van der Waals surface area contributed by atoms with Gasteiger partial charge in [-0.15, -0.1) is 11.3 Å². The van der Waals surface area contributed by atoms with Crippen LogP contribution in [0.15, 0.2) is 183 Å². The van der Waals surface area contributed by atoms with Crippen LogP contribution in [0.1, 0.15) is 24.0 Å². The molecule has 0 radical (unpaired) electrons. The van der Waals surface area contributed by atoms with Crippen molar-refractivity contribution in [2.75, 3.05) is 0 Å². The predicted molar refractivity (Wildman–Crippen MR) is 239 cm³/mol. The van der Waals surface area contributed by atoms with E-state index in [0.717, 1.165) is 18.4 Å². The minimum absolute atomic E-state index is 1.05. The Balaban J connectivity index is 1.08. The molecule has 1 aliphatic rings. The fraction of sp³-hybridized carbons (Fsp3) is 0.0385. The molecule has 10 aromatic rings. The van der Waals surface area contributed by atoms with Gasteiger partial charge in [0, 0.05) is 42.7 Å². The molecule has 0 unspecified atom stereocenters. The van der Waals surface area contributed by atoms with E-state index in [0.29, 0.717) is 0 Å². The quantitative estimate of drug-likeness (QED) is 0.162. The maximum absolute atomic E-state index is 4.03. The van der Waals surface area contributed by atoms with Crippen LogP contribution in [0.5, 0.6) is 0 Å². The van der Waals surface area contributed by atoms with Gasteiger partial charge >= 0.3 is 0 Å². The van der Waals surface area contributed by atoms with Crippen LogP contribution in [-0.2, 0) is 0 Å². The maximum Gasteiger partial charge on any atom is 0.0640 e. The van der Waals surface area contributed by atoms with Gasteiger partial charge < -0.3 is 9.13 Å². The summed E-state index contributed by atoms with van der Waals surface area (Å²) in [5.74, 6) is 0. The van der Waals surface area contributed by atoms with Crippen LogP contribution in [-0.4, -0.2) is 9.13 Å². The normalized spacial score (nSPS) is 13.3. The van der Waals surface area contributed by atoms with E-state index in [1.54, 1.807) is 0 Å². The SMILES string of the molecule is C=CC1=CC(c2ccc3c(c2)c2ccccc2n3-c2ccc3sc4c(-n5c6ccccc6c6cc(-c7cccc(C=C)c7)ccc65)cccc4c3c2)=CCC1. The molecule has 55 heavy (non-hydrogen) atoms. The Morgan fingerprint density at radius 2 is 1.18 bits per heavy atom. The van der Waals surface area contributed by atoms with Crippen LogP contribution >= 0.6 is 11.3 Å². The summed E-state index contributed by atoms with van der Waals surface area (Å²) in [7, 11) is 0. The van der Waals surface area contributed by atoms with E-state index in [9.17, 15) is 0 Å². The summed E-state index contributed by atoms with van der Waals surface area (Å²) in [6.07, 6.45) is 10.7. The number of aromatic nitrogens is 2. The van der Waals surface area contributed by atoms with Crippen LogP contribution < -0.4 is 0 Å². The first kappa shape index (κ1) is 31.8. The van der Waals surface area contributed by atoms with Crippen molar-refractivity contribution in [3.8, 4) is 22.5 Å². The maximum atomic E-state index is 4.03. The molecule has 1 aliphatic carbocycles. The molecule has 2 nitrogen and oxygen atoms in total. The number of fused-ring (bicyclic) bond motifs is 9. The van der Waals surface area contributed by atoms with Gasteiger partial charge in [-0.1, -0.05) is 116 Å². The zero-order valence-electron chi connectivity index (χ0n) is 30.3. The van der Waals surface area contributed by atoms with Crippen LogP contribution in [0.25, 0.3) is 97.9 Å². The van der Waals surface area contributed by atoms with Crippen molar-refractivity contribution in [1.82, 2.24) is 9.13 Å². The molecular formula is C52H36N2S. The Hall–Kier alpha value is -6.68. The summed E-state index contributed by atoms with van der Waals surface area (Å²) >= 11 is 1.88. The Bertz CT molecular complexity index is 3300. The van der Waals surface area contributed by atoms with Gasteiger partial charge in [-0.2, -0.15) is 0 Å². The molecule has 0 atom stereocenters. The van der Waals surface area contributed by atoms with Crippen LogP contribution in [0.4, 0.5) is 0 Å². The standard InChI is InChI=1S/C52H36N2S/c1-3-33-12-9-14-35(28-33)37-22-25-48-43(30-37)40-16-5-7-19-46(40)53(48)39-24-27-51-45(32-39)42-18-11-21-50(52(42)55-51)54-47-20-8-6-17-41(47)44-31-38(23-26-49(44)54)36-15-10-13-34(4-2)29-36/h3-8,10-11,13-32H,1-2,9,12H2. The Morgan fingerprint density at radius 1 is 0.509 bits per heavy atom. The second-order valence-electron chi connectivity index (χ2n) is 14.6. The molecule has 3 heterocycles. The monoisotopic (exact) mass is 720 g/mol. The number of rotatable bonds is 6. The molecule has 7 aromatic carbocycles. The molecule has 0 N–H and O–H groups in total. The van der Waals surface area contributed by atoms with Gasteiger partial charge in [0.1, 0.15) is 0 Å². The highest BCUT2D eigenvalue weighted by Crippen LogP contribution is 2.43. The number of hydrogen-bond donors (Lipinski definition) is 0. The van der Waals surface area contributed by atoms with Gasteiger partial charge in [0.25, 0.3) is 0 Å². The number of thiophene rings is 1. The van der Waals surface area contributed by atoms with E-state index < -0.39 is 0 Å². The first-order valence-electron chi connectivity index (χ1n) is 19.0. The van der Waals surface area contributed by atoms with E-state index in [4.69, 9.17) is 0 Å². The lowest BCUT2D eigenvalue weighted by molar-refractivity contribution is 0.996. The Kier molecular flexibility index (Phi) is 7.20. The smallest absolute Gasteiger partial charge is 0.0640 e. The van der Waals surface area contributed by atoms with Gasteiger partial charge in [-0.05, 0) is 113 Å². The van der Waals surface area contributed by atoms with E-state index in [1.807, 2.05) is 23.5 Å². The summed E-state index contributed by atoms with van der Waals surface area (Å²) in [5.41, 5.74) is 14.6. The third-order valence-corrected chi connectivity index (χ3v) is 12.7. The zero-order chi connectivity index (χ0) is 36.6. The van der Waals surface area contributed by atoms with Crippen molar-refractivity contribution in [3.63, 3.8) is 0 Å². The van der Waals surface area contributed by atoms with Gasteiger partial charge in [-0.25, -0.2) is 0 Å². The molecule has 0 amide bonds. The van der Waals surface area contributed by atoms with Crippen molar-refractivity contribution in [3.05, 3.63) is 194 Å². The van der Waals surface area contributed by atoms with Crippen molar-refractivity contribution >= 4 is 86.8 Å². The van der Waals surface area contributed by atoms with Crippen molar-refractivity contribution < 1.29 is 0 Å². The number of benzene rings is 7. The highest BCUT2D eigenvalue weighted by Gasteiger charge is 2.19. The van der Waals surface area contributed by atoms with Crippen molar-refractivity contribution in [1.29, 1.82) is 0 Å². The lowest BCUT2D eigenvalue weighted by Crippen LogP contribution is -1.94. The summed E-state index contributed by atoms with van der Waals surface area (Å²) in [6.45, 7) is 8.02. The largest absolute Gasteiger partial charge is 0.309 e. The summed E-state index contributed by atoms with van der Waals surface area (Å²) in [6, 6.07) is 53.9. The van der Waals surface area contributed by atoms with Gasteiger partial charge in [0.05, 0.1) is 32.5 Å². The van der Waals surface area contributed by atoms with Gasteiger partial charge in [0.15, 0.2) is 0 Å². The highest BCUT2D eigenvalue weighted by molar-refractivity contribution is 7.26. The lowest BCUT2D eigenvalue weighted by atomic mass is 9.94. The second-order valence-corrected chi connectivity index (χ2v) is 15.6. The topological polar surface area (TPSA) is 9.86 Å². The lowest BCUT2D eigenvalue weighted by Gasteiger charge is -2.12. The van der Waals surface area contributed by atoms with E-state index in [2.05, 4.69) is 180 Å². The van der Waals surface area contributed by atoms with E-state index in [-0.39, 0.29) is 0 Å².